The number of nitrogens with one attached hydrogen (secondary N) is 1. The second kappa shape index (κ2) is 10.9. The molecule has 0 aliphatic carbocycles. The van der Waals surface area contributed by atoms with Gasteiger partial charge in [-0.2, -0.15) is 0 Å². The van der Waals surface area contributed by atoms with E-state index in [0.29, 0.717) is 37.2 Å². The highest BCUT2D eigenvalue weighted by Gasteiger charge is 2.28. The van der Waals surface area contributed by atoms with Crippen LogP contribution in [-0.2, 0) is 0 Å². The number of amides is 1. The summed E-state index contributed by atoms with van der Waals surface area (Å²) in [6, 6.07) is 15.0. The van der Waals surface area contributed by atoms with Crippen molar-refractivity contribution >= 4 is 17.7 Å². The number of benzene rings is 2. The van der Waals surface area contributed by atoms with Gasteiger partial charge in [0.15, 0.2) is 0 Å². The van der Waals surface area contributed by atoms with Gasteiger partial charge in [-0.25, -0.2) is 9.37 Å². The fourth-order valence-electron chi connectivity index (χ4n) is 3.90. The van der Waals surface area contributed by atoms with Crippen molar-refractivity contribution in [3.05, 3.63) is 77.7 Å². The van der Waals surface area contributed by atoms with Crippen LogP contribution in [0, 0.1) is 5.82 Å². The summed E-state index contributed by atoms with van der Waals surface area (Å²) >= 11 is 1.56. The first kappa shape index (κ1) is 24.0. The lowest BCUT2D eigenvalue weighted by Gasteiger charge is -2.35. The van der Waals surface area contributed by atoms with Gasteiger partial charge in [0.2, 0.25) is 5.88 Å². The Kier molecular flexibility index (Phi) is 7.66. The highest BCUT2D eigenvalue weighted by atomic mass is 32.2. The Labute approximate surface area is 201 Å². The van der Waals surface area contributed by atoms with Crippen molar-refractivity contribution in [3.8, 4) is 17.4 Å². The molecule has 4 rings (SSSR count). The minimum absolute atomic E-state index is 0.0197. The lowest BCUT2D eigenvalue weighted by atomic mass is 10.0. The van der Waals surface area contributed by atoms with Gasteiger partial charge in [-0.05, 0) is 49.4 Å². The fourth-order valence-corrected chi connectivity index (χ4v) is 4.35. The molecule has 178 valence electrons. The first-order valence-corrected chi connectivity index (χ1v) is 12.2. The molecule has 0 spiro atoms. The van der Waals surface area contributed by atoms with E-state index in [2.05, 4.69) is 10.3 Å². The molecular formula is C25H26FN3O4S. The largest absolute Gasteiger partial charge is 0.508 e. The van der Waals surface area contributed by atoms with E-state index in [1.54, 1.807) is 36.0 Å². The molecule has 1 atom stereocenters. The van der Waals surface area contributed by atoms with Crippen LogP contribution in [0.3, 0.4) is 0 Å². The van der Waals surface area contributed by atoms with E-state index in [-0.39, 0.29) is 23.2 Å². The number of phenols is 1. The van der Waals surface area contributed by atoms with E-state index in [1.165, 1.54) is 6.07 Å². The molecule has 1 saturated heterocycles. The van der Waals surface area contributed by atoms with Crippen LogP contribution >= 0.6 is 11.8 Å². The zero-order chi connectivity index (χ0) is 24.1. The molecule has 1 amide bonds. The molecule has 2 aromatic carbocycles. The minimum atomic E-state index is -0.928. The van der Waals surface area contributed by atoms with Crippen LogP contribution in [0.2, 0.25) is 0 Å². The molecule has 1 unspecified atom stereocenters. The summed E-state index contributed by atoms with van der Waals surface area (Å²) in [5.74, 6) is -0.519. The summed E-state index contributed by atoms with van der Waals surface area (Å²) in [5, 5.41) is 23.6. The smallest absolute Gasteiger partial charge is 0.257 e. The number of para-hydroxylation sites is 1. The van der Waals surface area contributed by atoms with Gasteiger partial charge in [0.1, 0.15) is 29.1 Å². The van der Waals surface area contributed by atoms with E-state index in [0.717, 1.165) is 17.2 Å². The Hall–Kier alpha value is -3.14. The zero-order valence-corrected chi connectivity index (χ0v) is 19.5. The molecule has 1 fully saturated rings. The molecule has 1 aliphatic heterocycles. The summed E-state index contributed by atoms with van der Waals surface area (Å²) in [6.07, 6.45) is 3.21. The van der Waals surface area contributed by atoms with Crippen molar-refractivity contribution in [1.82, 2.24) is 15.2 Å². The second-order valence-corrected chi connectivity index (χ2v) is 8.88. The Bertz CT molecular complexity index is 1150. The molecule has 0 bridgehead atoms. The maximum Gasteiger partial charge on any atom is 0.257 e. The average molecular weight is 484 g/mol. The average Bonchev–Trinajstić information content (AvgIpc) is 2.85. The van der Waals surface area contributed by atoms with E-state index >= 15 is 0 Å². The molecule has 1 aliphatic rings. The fraction of sp³-hybridized carbons (Fsp3) is 0.280. The number of carbonyl (C=O) groups excluding carboxylic acids is 1. The van der Waals surface area contributed by atoms with Crippen LogP contribution in [0.15, 0.2) is 65.7 Å². The van der Waals surface area contributed by atoms with Crippen LogP contribution in [0.25, 0.3) is 0 Å². The molecule has 2 heterocycles. The molecule has 34 heavy (non-hydrogen) atoms. The van der Waals surface area contributed by atoms with E-state index < -0.39 is 18.0 Å². The van der Waals surface area contributed by atoms with Crippen LogP contribution in [0.1, 0.15) is 35.0 Å². The molecule has 3 N–H and O–H groups in total. The summed E-state index contributed by atoms with van der Waals surface area (Å²) in [6.45, 7) is 1.04. The molecule has 7 nitrogen and oxygen atoms in total. The summed E-state index contributed by atoms with van der Waals surface area (Å²) in [7, 11) is 0. The van der Waals surface area contributed by atoms with Gasteiger partial charge in [0, 0.05) is 29.6 Å². The lowest BCUT2D eigenvalue weighted by Crippen LogP contribution is -2.45. The number of hydrogen-bond acceptors (Lipinski definition) is 7. The molecule has 0 radical (unpaired) electrons. The second-order valence-electron chi connectivity index (χ2n) is 8.00. The highest BCUT2D eigenvalue weighted by Crippen LogP contribution is 2.30. The number of likely N-dealkylation sites (tertiary alicyclic amines) is 1. The van der Waals surface area contributed by atoms with Crippen molar-refractivity contribution < 1.29 is 24.1 Å². The van der Waals surface area contributed by atoms with Gasteiger partial charge in [-0.3, -0.25) is 9.69 Å². The third kappa shape index (κ3) is 5.67. The van der Waals surface area contributed by atoms with Crippen LogP contribution < -0.4 is 10.1 Å². The maximum atomic E-state index is 13.9. The summed E-state index contributed by atoms with van der Waals surface area (Å²) < 4.78 is 19.7. The Morgan fingerprint density at radius 1 is 1.21 bits per heavy atom. The van der Waals surface area contributed by atoms with Crippen molar-refractivity contribution in [2.24, 2.45) is 0 Å². The van der Waals surface area contributed by atoms with E-state index in [1.807, 2.05) is 29.4 Å². The quantitative estimate of drug-likeness (QED) is 0.431. The third-order valence-corrected chi connectivity index (χ3v) is 6.47. The molecule has 0 saturated carbocycles. The first-order chi connectivity index (χ1) is 16.4. The number of aromatic hydroxyl groups is 1. The number of piperidine rings is 1. The molecule has 1 aromatic heterocycles. The van der Waals surface area contributed by atoms with E-state index in [9.17, 15) is 19.4 Å². The third-order valence-electron chi connectivity index (χ3n) is 5.74. The number of aliphatic hydroxyl groups is 1. The number of nitrogens with zero attached hydrogens (tertiary/aromatic N) is 2. The van der Waals surface area contributed by atoms with E-state index in [4.69, 9.17) is 4.74 Å². The summed E-state index contributed by atoms with van der Waals surface area (Å²) in [4.78, 5) is 19.8. The van der Waals surface area contributed by atoms with Gasteiger partial charge in [0.25, 0.3) is 5.91 Å². The SMILES string of the molecule is CSc1cccc(Oc2ncc(F)cc2C(=O)NC2CCN(C(O)c3ccccc3O)CC2)c1. The number of pyridine rings is 1. The van der Waals surface area contributed by atoms with Crippen molar-refractivity contribution in [3.63, 3.8) is 0 Å². The topological polar surface area (TPSA) is 94.9 Å². The van der Waals surface area contributed by atoms with Gasteiger partial charge in [-0.1, -0.05) is 24.3 Å². The summed E-state index contributed by atoms with van der Waals surface area (Å²) in [5.41, 5.74) is 0.467. The molecular weight excluding hydrogens is 457 g/mol. The lowest BCUT2D eigenvalue weighted by molar-refractivity contribution is -0.0158. The number of carbonyl (C=O) groups is 1. The van der Waals surface area contributed by atoms with Crippen molar-refractivity contribution in [2.75, 3.05) is 19.3 Å². The van der Waals surface area contributed by atoms with Crippen LogP contribution in [0.5, 0.6) is 17.4 Å². The number of aromatic nitrogens is 1. The number of aliphatic hydroxyl groups excluding tert-OH is 1. The molecule has 3 aromatic rings. The monoisotopic (exact) mass is 483 g/mol. The molecule has 9 heteroatoms. The van der Waals surface area contributed by atoms with Crippen molar-refractivity contribution in [2.45, 2.75) is 30.0 Å². The normalized spacial score (nSPS) is 15.6. The number of hydrogen-bond donors (Lipinski definition) is 3. The Balaban J connectivity index is 1.40. The van der Waals surface area contributed by atoms with Crippen LogP contribution in [0.4, 0.5) is 4.39 Å². The van der Waals surface area contributed by atoms with Crippen molar-refractivity contribution in [1.29, 1.82) is 0 Å². The highest BCUT2D eigenvalue weighted by molar-refractivity contribution is 7.98. The van der Waals surface area contributed by atoms with Gasteiger partial charge < -0.3 is 20.3 Å². The predicted octanol–water partition coefficient (Wildman–Crippen LogP) is 4.33. The van der Waals surface area contributed by atoms with Gasteiger partial charge >= 0.3 is 0 Å². The Morgan fingerprint density at radius 3 is 2.71 bits per heavy atom. The standard InChI is InChI=1S/C25H26FN3O4S/c1-34-19-6-4-5-18(14-19)33-24-21(13-16(26)15-27-24)23(31)28-17-9-11-29(12-10-17)25(32)20-7-2-3-8-22(20)30/h2-8,13-15,17,25,30,32H,9-12H2,1H3,(H,28,31). The van der Waals surface area contributed by atoms with Gasteiger partial charge in [0.05, 0.1) is 6.20 Å². The minimum Gasteiger partial charge on any atom is -0.508 e. The number of halogens is 1. The Morgan fingerprint density at radius 2 is 1.97 bits per heavy atom. The predicted molar refractivity (Wildman–Crippen MR) is 128 cm³/mol. The number of rotatable bonds is 7. The first-order valence-electron chi connectivity index (χ1n) is 10.9. The number of ether oxygens (including phenoxy) is 1. The maximum absolute atomic E-state index is 13.9. The number of phenolic OH excluding ortho intramolecular Hbond substituents is 1. The van der Waals surface area contributed by atoms with Crippen LogP contribution in [-0.4, -0.2) is 51.4 Å². The zero-order valence-electron chi connectivity index (χ0n) is 18.6. The number of thioether (sulfide) groups is 1. The van der Waals surface area contributed by atoms with Gasteiger partial charge in [-0.15, -0.1) is 11.8 Å².